The zero-order chi connectivity index (χ0) is 20.8. The van der Waals surface area contributed by atoms with Crippen molar-refractivity contribution in [1.29, 1.82) is 0 Å². The molecule has 2 aromatic carbocycles. The molecule has 2 unspecified atom stereocenters. The number of nitrogens with zero attached hydrogens (tertiary/aromatic N) is 1. The second-order valence-corrected chi connectivity index (χ2v) is 7.61. The summed E-state index contributed by atoms with van der Waals surface area (Å²) < 4.78 is 5.84. The molecular weight excluding hydrogens is 413 g/mol. The van der Waals surface area contributed by atoms with Crippen molar-refractivity contribution in [2.75, 3.05) is 33.3 Å². The van der Waals surface area contributed by atoms with Crippen molar-refractivity contribution in [3.63, 3.8) is 0 Å². The molecule has 3 rings (SSSR count). The van der Waals surface area contributed by atoms with E-state index in [0.29, 0.717) is 29.7 Å². The smallest absolute Gasteiger partial charge is 0.246 e. The molecule has 2 atom stereocenters. The Bertz CT molecular complexity index is 864. The van der Waals surface area contributed by atoms with Crippen LogP contribution < -0.4 is 10.6 Å². The van der Waals surface area contributed by atoms with E-state index in [2.05, 4.69) is 10.6 Å². The van der Waals surface area contributed by atoms with Gasteiger partial charge in [0.25, 0.3) is 0 Å². The molecule has 29 heavy (non-hydrogen) atoms. The number of nitrogens with one attached hydrogen (secondary N) is 2. The number of hydrogen-bond acceptors (Lipinski definition) is 4. The molecule has 0 bridgehead atoms. The molecule has 2 aromatic rings. The van der Waals surface area contributed by atoms with Gasteiger partial charge in [-0.1, -0.05) is 59.6 Å². The van der Waals surface area contributed by atoms with Crippen molar-refractivity contribution in [3.8, 4) is 0 Å². The van der Waals surface area contributed by atoms with Crippen LogP contribution in [0.1, 0.15) is 23.3 Å². The van der Waals surface area contributed by atoms with Crippen LogP contribution in [0.15, 0.2) is 48.5 Å². The van der Waals surface area contributed by atoms with Gasteiger partial charge in [-0.05, 0) is 23.3 Å². The van der Waals surface area contributed by atoms with E-state index in [0.717, 1.165) is 11.1 Å². The average Bonchev–Trinajstić information content (AvgIpc) is 2.74. The van der Waals surface area contributed by atoms with Gasteiger partial charge in [-0.3, -0.25) is 14.5 Å². The Morgan fingerprint density at radius 2 is 1.93 bits per heavy atom. The Kier molecular flexibility index (Phi) is 7.50. The van der Waals surface area contributed by atoms with Gasteiger partial charge in [0.2, 0.25) is 11.8 Å². The summed E-state index contributed by atoms with van der Waals surface area (Å²) in [4.78, 5) is 26.9. The maximum Gasteiger partial charge on any atom is 0.246 e. The lowest BCUT2D eigenvalue weighted by Crippen LogP contribution is -2.47. The van der Waals surface area contributed by atoms with E-state index in [4.69, 9.17) is 27.9 Å². The second kappa shape index (κ2) is 10.1. The predicted molar refractivity (Wildman–Crippen MR) is 113 cm³/mol. The van der Waals surface area contributed by atoms with Gasteiger partial charge in [0.05, 0.1) is 29.3 Å². The summed E-state index contributed by atoms with van der Waals surface area (Å²) >= 11 is 12.1. The molecule has 0 aliphatic carbocycles. The summed E-state index contributed by atoms with van der Waals surface area (Å²) in [5.41, 5.74) is 1.65. The first-order valence-corrected chi connectivity index (χ1v) is 10.1. The number of benzene rings is 2. The van der Waals surface area contributed by atoms with Crippen molar-refractivity contribution >= 4 is 35.0 Å². The third kappa shape index (κ3) is 5.70. The Balaban J connectivity index is 1.63. The van der Waals surface area contributed by atoms with Crippen LogP contribution in [-0.2, 0) is 14.3 Å². The van der Waals surface area contributed by atoms with E-state index in [1.807, 2.05) is 41.3 Å². The number of hydrogen-bond donors (Lipinski definition) is 2. The zero-order valence-corrected chi connectivity index (χ0v) is 17.5. The number of likely N-dealkylation sites (N-methyl/N-ethyl adjacent to an activating group) is 1. The van der Waals surface area contributed by atoms with E-state index < -0.39 is 6.04 Å². The number of morpholine rings is 1. The highest BCUT2D eigenvalue weighted by Crippen LogP contribution is 2.29. The van der Waals surface area contributed by atoms with E-state index in [1.165, 1.54) is 0 Å². The fraction of sp³-hybridized carbons (Fsp3) is 0.333. The molecule has 0 aromatic heterocycles. The summed E-state index contributed by atoms with van der Waals surface area (Å²) in [6.07, 6.45) is -0.199. The number of halogens is 2. The van der Waals surface area contributed by atoms with Crippen LogP contribution in [0.5, 0.6) is 0 Å². The molecule has 8 heteroatoms. The molecule has 1 heterocycles. The summed E-state index contributed by atoms with van der Waals surface area (Å²) in [6, 6.07) is 13.8. The fourth-order valence-electron chi connectivity index (χ4n) is 3.26. The normalized spacial score (nSPS) is 18.1. The minimum atomic E-state index is -0.736. The van der Waals surface area contributed by atoms with E-state index in [1.54, 1.807) is 19.2 Å². The Labute approximate surface area is 180 Å². The molecule has 2 amide bonds. The largest absolute Gasteiger partial charge is 0.371 e. The summed E-state index contributed by atoms with van der Waals surface area (Å²) in [7, 11) is 1.55. The highest BCUT2D eigenvalue weighted by atomic mass is 35.5. The average molecular weight is 436 g/mol. The van der Waals surface area contributed by atoms with Gasteiger partial charge < -0.3 is 15.4 Å². The topological polar surface area (TPSA) is 70.7 Å². The molecule has 0 saturated carbocycles. The second-order valence-electron chi connectivity index (χ2n) is 6.79. The van der Waals surface area contributed by atoms with Crippen LogP contribution in [-0.4, -0.2) is 50.0 Å². The summed E-state index contributed by atoms with van der Waals surface area (Å²) in [5, 5.41) is 6.39. The first-order chi connectivity index (χ1) is 14.0. The third-order valence-corrected chi connectivity index (χ3v) is 5.52. The molecule has 1 aliphatic rings. The number of carbonyl (C=O) groups excluding carboxylic acids is 2. The van der Waals surface area contributed by atoms with E-state index in [9.17, 15) is 9.59 Å². The highest BCUT2D eigenvalue weighted by Gasteiger charge is 2.26. The van der Waals surface area contributed by atoms with Crippen LogP contribution in [0.2, 0.25) is 10.0 Å². The first kappa shape index (κ1) is 21.6. The molecular formula is C21H23Cl2N3O3. The number of rotatable bonds is 6. The van der Waals surface area contributed by atoms with Crippen LogP contribution in [0.25, 0.3) is 0 Å². The van der Waals surface area contributed by atoms with Crippen molar-refractivity contribution < 1.29 is 14.3 Å². The maximum absolute atomic E-state index is 12.6. The quantitative estimate of drug-likeness (QED) is 0.731. The highest BCUT2D eigenvalue weighted by molar-refractivity contribution is 6.42. The minimum absolute atomic E-state index is 0.168. The zero-order valence-electron chi connectivity index (χ0n) is 16.0. The van der Waals surface area contributed by atoms with Crippen molar-refractivity contribution in [2.24, 2.45) is 0 Å². The molecule has 0 radical (unpaired) electrons. The lowest BCUT2D eigenvalue weighted by Gasteiger charge is -2.33. The van der Waals surface area contributed by atoms with Gasteiger partial charge in [0, 0.05) is 20.1 Å². The minimum Gasteiger partial charge on any atom is -0.371 e. The van der Waals surface area contributed by atoms with Gasteiger partial charge >= 0.3 is 0 Å². The standard InChI is InChI=1S/C21H23Cl2N3O3/c1-24-21(28)20(14-5-3-2-4-6-14)25-19(27)13-26-9-10-29-18(12-26)15-7-8-16(22)17(23)11-15/h2-8,11,18,20H,9-10,12-13H2,1H3,(H,24,28)(H,25,27). The predicted octanol–water partition coefficient (Wildman–Crippen LogP) is 2.97. The van der Waals surface area contributed by atoms with Crippen LogP contribution in [0.4, 0.5) is 0 Å². The summed E-state index contributed by atoms with van der Waals surface area (Å²) in [6.45, 7) is 1.83. The Morgan fingerprint density at radius 1 is 1.17 bits per heavy atom. The molecule has 2 N–H and O–H groups in total. The van der Waals surface area contributed by atoms with Gasteiger partial charge in [0.15, 0.2) is 0 Å². The molecule has 1 aliphatic heterocycles. The fourth-order valence-corrected chi connectivity index (χ4v) is 3.57. The van der Waals surface area contributed by atoms with Gasteiger partial charge in [0.1, 0.15) is 6.04 Å². The number of carbonyl (C=O) groups is 2. The van der Waals surface area contributed by atoms with Gasteiger partial charge in [-0.15, -0.1) is 0 Å². The molecule has 154 valence electrons. The third-order valence-electron chi connectivity index (χ3n) is 4.78. The van der Waals surface area contributed by atoms with E-state index >= 15 is 0 Å². The van der Waals surface area contributed by atoms with E-state index in [-0.39, 0.29) is 24.5 Å². The molecule has 6 nitrogen and oxygen atoms in total. The van der Waals surface area contributed by atoms with Crippen molar-refractivity contribution in [3.05, 3.63) is 69.7 Å². The van der Waals surface area contributed by atoms with Crippen LogP contribution in [0.3, 0.4) is 0 Å². The van der Waals surface area contributed by atoms with Crippen LogP contribution >= 0.6 is 23.2 Å². The summed E-state index contributed by atoms with van der Waals surface area (Å²) in [5.74, 6) is -0.488. The maximum atomic E-state index is 12.6. The molecule has 1 fully saturated rings. The van der Waals surface area contributed by atoms with Crippen LogP contribution in [0, 0.1) is 0 Å². The van der Waals surface area contributed by atoms with Crippen molar-refractivity contribution in [1.82, 2.24) is 15.5 Å². The molecule has 1 saturated heterocycles. The number of ether oxygens (including phenoxy) is 1. The van der Waals surface area contributed by atoms with Gasteiger partial charge in [-0.25, -0.2) is 0 Å². The number of amides is 2. The lowest BCUT2D eigenvalue weighted by molar-refractivity contribution is -0.130. The lowest BCUT2D eigenvalue weighted by atomic mass is 10.1. The van der Waals surface area contributed by atoms with Gasteiger partial charge in [-0.2, -0.15) is 0 Å². The Morgan fingerprint density at radius 3 is 2.62 bits per heavy atom. The monoisotopic (exact) mass is 435 g/mol. The SMILES string of the molecule is CNC(=O)C(NC(=O)CN1CCOC(c2ccc(Cl)c(Cl)c2)C1)c1ccccc1. The van der Waals surface area contributed by atoms with Crippen molar-refractivity contribution in [2.45, 2.75) is 12.1 Å². The molecule has 0 spiro atoms. The first-order valence-electron chi connectivity index (χ1n) is 9.32. The Hall–Kier alpha value is -2.12.